The number of anilines is 1. The fourth-order valence-corrected chi connectivity index (χ4v) is 2.11. The van der Waals surface area contributed by atoms with Crippen LogP contribution >= 0.6 is 11.6 Å². The molecule has 0 aliphatic carbocycles. The molecule has 4 heteroatoms. The molecule has 0 saturated carbocycles. The maximum atomic E-state index is 6.22. The third-order valence-corrected chi connectivity index (χ3v) is 3.15. The second kappa shape index (κ2) is 4.70. The van der Waals surface area contributed by atoms with Crippen LogP contribution in [-0.4, -0.2) is 9.97 Å². The lowest BCUT2D eigenvalue weighted by atomic mass is 10.2. The van der Waals surface area contributed by atoms with E-state index in [1.807, 2.05) is 30.3 Å². The fourth-order valence-electron chi connectivity index (χ4n) is 1.88. The van der Waals surface area contributed by atoms with Gasteiger partial charge in [0, 0.05) is 6.54 Å². The highest BCUT2D eigenvalue weighted by Crippen LogP contribution is 2.26. The standard InChI is InChI=1S/C14H12ClN3/c15-11-6-13-14(18-9-17-13)7-12(11)16-8-10-4-2-1-3-5-10/h1-7,9,16H,8H2,(H,17,18). The highest BCUT2D eigenvalue weighted by molar-refractivity contribution is 6.34. The van der Waals surface area contributed by atoms with Crippen LogP contribution in [0.1, 0.15) is 5.56 Å². The van der Waals surface area contributed by atoms with Gasteiger partial charge in [-0.2, -0.15) is 0 Å². The van der Waals surface area contributed by atoms with Crippen LogP contribution in [-0.2, 0) is 6.54 Å². The molecule has 0 atom stereocenters. The number of hydrogen-bond donors (Lipinski definition) is 2. The second-order valence-corrected chi connectivity index (χ2v) is 4.50. The van der Waals surface area contributed by atoms with Gasteiger partial charge in [0.25, 0.3) is 0 Å². The summed E-state index contributed by atoms with van der Waals surface area (Å²) in [5, 5.41) is 4.02. The number of nitrogens with zero attached hydrogens (tertiary/aromatic N) is 1. The summed E-state index contributed by atoms with van der Waals surface area (Å²) in [5.74, 6) is 0. The van der Waals surface area contributed by atoms with Crippen molar-refractivity contribution in [2.45, 2.75) is 6.54 Å². The van der Waals surface area contributed by atoms with Crippen LogP contribution in [0, 0.1) is 0 Å². The molecule has 0 bridgehead atoms. The molecule has 0 amide bonds. The van der Waals surface area contributed by atoms with E-state index in [4.69, 9.17) is 11.6 Å². The Bertz CT molecular complexity index is 661. The summed E-state index contributed by atoms with van der Waals surface area (Å²) >= 11 is 6.22. The van der Waals surface area contributed by atoms with E-state index in [1.54, 1.807) is 6.33 Å². The fraction of sp³-hybridized carbons (Fsp3) is 0.0714. The van der Waals surface area contributed by atoms with Gasteiger partial charge in [0.05, 0.1) is 28.1 Å². The maximum Gasteiger partial charge on any atom is 0.0931 e. The first-order chi connectivity index (χ1) is 8.83. The Labute approximate surface area is 110 Å². The number of aromatic amines is 1. The summed E-state index contributed by atoms with van der Waals surface area (Å²) in [6.45, 7) is 0.747. The molecule has 3 nitrogen and oxygen atoms in total. The Balaban J connectivity index is 1.84. The molecule has 3 aromatic rings. The SMILES string of the molecule is Clc1cc2[nH]cnc2cc1NCc1ccccc1. The largest absolute Gasteiger partial charge is 0.380 e. The van der Waals surface area contributed by atoms with Crippen molar-refractivity contribution in [2.75, 3.05) is 5.32 Å². The van der Waals surface area contributed by atoms with Gasteiger partial charge in [-0.3, -0.25) is 0 Å². The van der Waals surface area contributed by atoms with E-state index in [0.29, 0.717) is 5.02 Å². The van der Waals surface area contributed by atoms with Crippen LogP contribution in [0.3, 0.4) is 0 Å². The van der Waals surface area contributed by atoms with Crippen molar-refractivity contribution in [1.82, 2.24) is 9.97 Å². The van der Waals surface area contributed by atoms with Crippen molar-refractivity contribution in [1.29, 1.82) is 0 Å². The van der Waals surface area contributed by atoms with Gasteiger partial charge in [0.1, 0.15) is 0 Å². The first-order valence-corrected chi connectivity index (χ1v) is 6.11. The zero-order chi connectivity index (χ0) is 12.4. The average Bonchev–Trinajstić information content (AvgIpc) is 2.84. The smallest absolute Gasteiger partial charge is 0.0931 e. The Morgan fingerprint density at radius 2 is 2.00 bits per heavy atom. The first-order valence-electron chi connectivity index (χ1n) is 5.73. The maximum absolute atomic E-state index is 6.22. The summed E-state index contributed by atoms with van der Waals surface area (Å²) in [4.78, 5) is 7.26. The molecule has 1 aromatic heterocycles. The molecule has 18 heavy (non-hydrogen) atoms. The second-order valence-electron chi connectivity index (χ2n) is 4.09. The van der Waals surface area contributed by atoms with Gasteiger partial charge >= 0.3 is 0 Å². The predicted octanol–water partition coefficient (Wildman–Crippen LogP) is 3.83. The van der Waals surface area contributed by atoms with Crippen LogP contribution in [0.25, 0.3) is 11.0 Å². The zero-order valence-corrected chi connectivity index (χ0v) is 10.4. The number of benzene rings is 2. The van der Waals surface area contributed by atoms with Gasteiger partial charge in [-0.15, -0.1) is 0 Å². The number of nitrogens with one attached hydrogen (secondary N) is 2. The lowest BCUT2D eigenvalue weighted by molar-refractivity contribution is 1.15. The lowest BCUT2D eigenvalue weighted by Crippen LogP contribution is -1.99. The minimum atomic E-state index is 0.697. The molecule has 1 heterocycles. The van der Waals surface area contributed by atoms with E-state index >= 15 is 0 Å². The molecule has 0 aliphatic rings. The predicted molar refractivity (Wildman–Crippen MR) is 74.9 cm³/mol. The lowest BCUT2D eigenvalue weighted by Gasteiger charge is -2.08. The van der Waals surface area contributed by atoms with Crippen LogP contribution in [0.15, 0.2) is 48.8 Å². The van der Waals surface area contributed by atoms with E-state index in [0.717, 1.165) is 23.3 Å². The molecule has 3 rings (SSSR count). The van der Waals surface area contributed by atoms with E-state index < -0.39 is 0 Å². The van der Waals surface area contributed by atoms with E-state index in [-0.39, 0.29) is 0 Å². The van der Waals surface area contributed by atoms with Gasteiger partial charge in [0.2, 0.25) is 0 Å². The van der Waals surface area contributed by atoms with Gasteiger partial charge in [-0.25, -0.2) is 4.98 Å². The summed E-state index contributed by atoms with van der Waals surface area (Å²) in [7, 11) is 0. The number of fused-ring (bicyclic) bond motifs is 1. The quantitative estimate of drug-likeness (QED) is 0.749. The van der Waals surface area contributed by atoms with Crippen molar-refractivity contribution in [2.24, 2.45) is 0 Å². The number of H-pyrrole nitrogens is 1. The first kappa shape index (κ1) is 11.1. The van der Waals surface area contributed by atoms with E-state index in [2.05, 4.69) is 27.4 Å². The Morgan fingerprint density at radius 3 is 2.83 bits per heavy atom. The van der Waals surface area contributed by atoms with Crippen molar-refractivity contribution in [3.8, 4) is 0 Å². The summed E-state index contributed by atoms with van der Waals surface area (Å²) in [6.07, 6.45) is 1.67. The molecule has 90 valence electrons. The highest BCUT2D eigenvalue weighted by Gasteiger charge is 2.04. The van der Waals surface area contributed by atoms with E-state index in [1.165, 1.54) is 5.56 Å². The molecule has 2 N–H and O–H groups in total. The van der Waals surface area contributed by atoms with Gasteiger partial charge in [0.15, 0.2) is 0 Å². The third-order valence-electron chi connectivity index (χ3n) is 2.83. The molecule has 0 fully saturated rings. The average molecular weight is 258 g/mol. The van der Waals surface area contributed by atoms with Gasteiger partial charge in [-0.05, 0) is 17.7 Å². The number of imidazole rings is 1. The van der Waals surface area contributed by atoms with Crippen LogP contribution < -0.4 is 5.32 Å². The molecular weight excluding hydrogens is 246 g/mol. The van der Waals surface area contributed by atoms with E-state index in [9.17, 15) is 0 Å². The van der Waals surface area contributed by atoms with Gasteiger partial charge < -0.3 is 10.3 Å². The number of hydrogen-bond acceptors (Lipinski definition) is 2. The molecule has 0 saturated heterocycles. The van der Waals surface area contributed by atoms with Crippen molar-refractivity contribution in [3.05, 3.63) is 59.4 Å². The topological polar surface area (TPSA) is 40.7 Å². The number of aromatic nitrogens is 2. The van der Waals surface area contributed by atoms with Crippen LogP contribution in [0.4, 0.5) is 5.69 Å². The molecule has 0 aliphatic heterocycles. The molecular formula is C14H12ClN3. The van der Waals surface area contributed by atoms with Gasteiger partial charge in [-0.1, -0.05) is 41.9 Å². The summed E-state index contributed by atoms with van der Waals surface area (Å²) in [5.41, 5.74) is 3.98. The molecule has 0 unspecified atom stereocenters. The summed E-state index contributed by atoms with van der Waals surface area (Å²) in [6, 6.07) is 14.0. The third kappa shape index (κ3) is 2.17. The minimum Gasteiger partial charge on any atom is -0.380 e. The molecule has 0 spiro atoms. The van der Waals surface area contributed by atoms with Crippen molar-refractivity contribution >= 4 is 28.3 Å². The Morgan fingerprint density at radius 1 is 1.17 bits per heavy atom. The molecule has 2 aromatic carbocycles. The number of rotatable bonds is 3. The van der Waals surface area contributed by atoms with Crippen molar-refractivity contribution < 1.29 is 0 Å². The van der Waals surface area contributed by atoms with Crippen LogP contribution in [0.5, 0.6) is 0 Å². The van der Waals surface area contributed by atoms with Crippen LogP contribution in [0.2, 0.25) is 5.02 Å². The Hall–Kier alpha value is -2.00. The summed E-state index contributed by atoms with van der Waals surface area (Å²) < 4.78 is 0. The highest BCUT2D eigenvalue weighted by atomic mass is 35.5. The number of halogens is 1. The van der Waals surface area contributed by atoms with Crippen molar-refractivity contribution in [3.63, 3.8) is 0 Å². The molecule has 0 radical (unpaired) electrons. The zero-order valence-electron chi connectivity index (χ0n) is 9.65. The Kier molecular flexibility index (Phi) is 2.90. The minimum absolute atomic E-state index is 0.697. The monoisotopic (exact) mass is 257 g/mol. The normalized spacial score (nSPS) is 10.7.